The van der Waals surface area contributed by atoms with E-state index in [1.54, 1.807) is 0 Å². The number of amides is 1. The molecule has 1 fully saturated rings. The number of halogens is 2. The first kappa shape index (κ1) is 22.2. The maximum atomic E-state index is 16.4. The summed E-state index contributed by atoms with van der Waals surface area (Å²) >= 11 is 5.97. The van der Waals surface area contributed by atoms with Gasteiger partial charge in [0.15, 0.2) is 11.3 Å². The minimum atomic E-state index is -3.13. The van der Waals surface area contributed by atoms with Gasteiger partial charge in [0, 0.05) is 40.4 Å². The van der Waals surface area contributed by atoms with Crippen LogP contribution in [0.25, 0.3) is 11.1 Å². The second-order valence-electron chi connectivity index (χ2n) is 9.67. The Morgan fingerprint density at radius 3 is 2.64 bits per heavy atom. The van der Waals surface area contributed by atoms with Gasteiger partial charge in [-0.1, -0.05) is 35.9 Å². The molecule has 1 saturated carbocycles. The van der Waals surface area contributed by atoms with E-state index in [2.05, 4.69) is 10.3 Å². The van der Waals surface area contributed by atoms with Gasteiger partial charge in [-0.25, -0.2) is 4.39 Å². The third-order valence-electron chi connectivity index (χ3n) is 7.07. The zero-order valence-electron chi connectivity index (χ0n) is 24.6. The monoisotopic (exact) mass is 556 g/mol. The first-order valence-electron chi connectivity index (χ1n) is 14.0. The van der Waals surface area contributed by atoms with Crippen molar-refractivity contribution >= 4 is 29.5 Å². The van der Waals surface area contributed by atoms with Crippen molar-refractivity contribution in [3.05, 3.63) is 70.6 Å². The van der Waals surface area contributed by atoms with Crippen molar-refractivity contribution in [1.29, 1.82) is 5.26 Å². The fourth-order valence-electron chi connectivity index (χ4n) is 4.82. The first-order chi connectivity index (χ1) is 20.1. The third-order valence-corrected chi connectivity index (χ3v) is 7.32. The van der Waals surface area contributed by atoms with Crippen LogP contribution in [0.5, 0.6) is 0 Å². The highest BCUT2D eigenvalue weighted by molar-refractivity contribution is 6.30. The maximum Gasteiger partial charge on any atom is 0.282 e. The zero-order chi connectivity index (χ0) is 31.6. The van der Waals surface area contributed by atoms with Crippen LogP contribution in [0, 0.1) is 22.6 Å². The summed E-state index contributed by atoms with van der Waals surface area (Å²) in [4.78, 5) is 37.9. The Morgan fingerprint density at radius 1 is 1.36 bits per heavy atom. The normalized spacial score (nSPS) is 27.4. The van der Waals surface area contributed by atoms with Crippen molar-refractivity contribution in [2.45, 2.75) is 43.5 Å². The highest BCUT2D eigenvalue weighted by Crippen LogP contribution is 2.51. The lowest BCUT2D eigenvalue weighted by Crippen LogP contribution is -2.59. The molecule has 2 heterocycles. The Hall–Kier alpha value is -3.62. The van der Waals surface area contributed by atoms with Gasteiger partial charge in [-0.2, -0.15) is 10.3 Å². The van der Waals surface area contributed by atoms with Gasteiger partial charge in [0.1, 0.15) is 18.0 Å². The molecule has 202 valence electrons. The van der Waals surface area contributed by atoms with Crippen molar-refractivity contribution in [3.8, 4) is 17.2 Å². The van der Waals surface area contributed by atoms with E-state index < -0.39 is 65.3 Å². The number of carbonyl (C=O) groups excluding carboxylic acids is 2. The van der Waals surface area contributed by atoms with E-state index in [1.165, 1.54) is 54.9 Å². The average molecular weight is 557 g/mol. The molecule has 0 bridgehead atoms. The Bertz CT molecular complexity index is 1600. The molecule has 0 saturated heterocycles. The van der Waals surface area contributed by atoms with Gasteiger partial charge in [0.2, 0.25) is 5.66 Å². The summed E-state index contributed by atoms with van der Waals surface area (Å²) in [5.41, 5.74) is -7.41. The van der Waals surface area contributed by atoms with E-state index in [9.17, 15) is 25.1 Å². The second kappa shape index (κ2) is 9.84. The number of aliphatic hydroxyl groups excluding tert-OH is 1. The Morgan fingerprint density at radius 2 is 2.08 bits per heavy atom. The molecular formula is C28H26ClFN4O5. The fraction of sp³-hybridized carbons (Fsp3) is 0.357. The molecule has 11 heteroatoms. The molecule has 3 N–H and O–H groups in total. The molecule has 3 atom stereocenters. The summed E-state index contributed by atoms with van der Waals surface area (Å²) in [6.45, 7) is -5.15. The SMILES string of the molecule is [2H]C([2H])(O)C1(C([2H])([2H])ON2C(=O)c3c(ccc(-c4ccc(Cl)cc4)c3F)[C@]2(CC2(C#N)N=CC=CN2)C(=O)C(C)O)CC1. The van der Waals surface area contributed by atoms with Crippen molar-refractivity contribution in [1.82, 2.24) is 10.4 Å². The van der Waals surface area contributed by atoms with E-state index in [4.69, 9.17) is 21.9 Å². The van der Waals surface area contributed by atoms with Gasteiger partial charge in [-0.3, -0.25) is 19.4 Å². The number of ketones is 1. The van der Waals surface area contributed by atoms with Gasteiger partial charge < -0.3 is 15.5 Å². The number of nitriles is 1. The molecule has 2 unspecified atom stereocenters. The Balaban J connectivity index is 1.76. The van der Waals surface area contributed by atoms with Crippen molar-refractivity contribution < 1.29 is 34.5 Å². The molecule has 0 spiro atoms. The molecule has 9 nitrogen and oxygen atoms in total. The molecule has 0 radical (unpaired) electrons. The van der Waals surface area contributed by atoms with Crippen LogP contribution >= 0.6 is 11.6 Å². The predicted octanol–water partition coefficient (Wildman–Crippen LogP) is 3.25. The molecule has 0 aromatic heterocycles. The van der Waals surface area contributed by atoms with E-state index in [1.807, 2.05) is 6.07 Å². The smallest absolute Gasteiger partial charge is 0.282 e. The number of hydroxylamine groups is 2. The number of aliphatic hydroxyl groups is 2. The van der Waals surface area contributed by atoms with Crippen LogP contribution in [-0.4, -0.2) is 58.1 Å². The van der Waals surface area contributed by atoms with Gasteiger partial charge in [0.05, 0.1) is 24.2 Å². The Labute approximate surface area is 234 Å². The number of allylic oxidation sites excluding steroid dienone is 1. The van der Waals surface area contributed by atoms with Crippen LogP contribution < -0.4 is 5.32 Å². The number of nitrogens with zero attached hydrogens (tertiary/aromatic N) is 3. The zero-order valence-corrected chi connectivity index (χ0v) is 21.4. The van der Waals surface area contributed by atoms with Gasteiger partial charge >= 0.3 is 0 Å². The van der Waals surface area contributed by atoms with Gasteiger partial charge in [-0.15, -0.1) is 0 Å². The number of hydrogen-bond donors (Lipinski definition) is 3. The average Bonchev–Trinajstić information content (AvgIpc) is 3.75. The molecule has 5 rings (SSSR count). The molecule has 39 heavy (non-hydrogen) atoms. The molecule has 3 aliphatic rings. The molecule has 2 aromatic carbocycles. The minimum Gasteiger partial charge on any atom is -0.396 e. The van der Waals surface area contributed by atoms with Crippen LogP contribution in [-0.2, 0) is 15.2 Å². The van der Waals surface area contributed by atoms with Crippen LogP contribution in [0.4, 0.5) is 4.39 Å². The summed E-state index contributed by atoms with van der Waals surface area (Å²) < 4.78 is 49.4. The van der Waals surface area contributed by atoms with Crippen LogP contribution in [0.1, 0.15) is 47.6 Å². The van der Waals surface area contributed by atoms with Gasteiger partial charge in [-0.05, 0) is 43.5 Å². The summed E-state index contributed by atoms with van der Waals surface area (Å²) in [5, 5.41) is 34.3. The lowest BCUT2D eigenvalue weighted by Gasteiger charge is -2.41. The first-order valence-corrected chi connectivity index (χ1v) is 12.4. The topological polar surface area (TPSA) is 135 Å². The molecule has 2 aromatic rings. The van der Waals surface area contributed by atoms with Crippen molar-refractivity contribution in [2.24, 2.45) is 10.4 Å². The highest BCUT2D eigenvalue weighted by atomic mass is 35.5. The largest absolute Gasteiger partial charge is 0.396 e. The van der Waals surface area contributed by atoms with Crippen molar-refractivity contribution in [2.75, 3.05) is 13.1 Å². The minimum absolute atomic E-state index is 0.0656. The number of nitrogens with one attached hydrogen (secondary N) is 1. The predicted molar refractivity (Wildman–Crippen MR) is 140 cm³/mol. The molecule has 2 aliphatic heterocycles. The number of benzene rings is 2. The van der Waals surface area contributed by atoms with Crippen LogP contribution in [0.2, 0.25) is 5.02 Å². The number of carbonyl (C=O) groups is 2. The second-order valence-corrected chi connectivity index (χ2v) is 10.1. The number of aliphatic imine (C=N–C) groups is 1. The number of Topliss-reactive ketones (excluding diaryl/α,β-unsaturated/α-hetero) is 1. The summed E-state index contributed by atoms with van der Waals surface area (Å²) in [6.07, 6.45) is 1.10. The third kappa shape index (κ3) is 4.41. The number of hydrogen-bond acceptors (Lipinski definition) is 8. The number of fused-ring (bicyclic) bond motifs is 1. The van der Waals surface area contributed by atoms with E-state index in [-0.39, 0.29) is 29.0 Å². The maximum absolute atomic E-state index is 16.4. The molecular weight excluding hydrogens is 527 g/mol. The lowest BCUT2D eigenvalue weighted by molar-refractivity contribution is -0.206. The molecule has 1 aliphatic carbocycles. The number of rotatable bonds is 9. The lowest BCUT2D eigenvalue weighted by atomic mass is 9.76. The van der Waals surface area contributed by atoms with E-state index in [0.717, 1.165) is 6.92 Å². The summed E-state index contributed by atoms with van der Waals surface area (Å²) in [7, 11) is 0. The van der Waals surface area contributed by atoms with Gasteiger partial charge in [0.25, 0.3) is 5.91 Å². The van der Waals surface area contributed by atoms with Crippen LogP contribution in [0.3, 0.4) is 0 Å². The quantitative estimate of drug-likeness (QED) is 0.431. The molecule has 1 amide bonds. The standard InChI is InChI=1S/C28H26ClFN4O5/c1-17(36)24(37)28(13-27(14-31)32-11-2-12-33-27)21-8-7-20(18-3-5-19(29)6-4-18)23(30)22(21)25(38)34(28)39-16-26(15-35)9-10-26/h2-8,11-12,17,32,35-36H,9-10,13,15-16H2,1H3/t17?,27?,28-/m1/s1/i15D2,16D2. The fourth-order valence-corrected chi connectivity index (χ4v) is 4.94. The van der Waals surface area contributed by atoms with E-state index in [0.29, 0.717) is 10.6 Å². The summed E-state index contributed by atoms with van der Waals surface area (Å²) in [5.74, 6) is -3.56. The van der Waals surface area contributed by atoms with Crippen molar-refractivity contribution in [3.63, 3.8) is 0 Å². The highest BCUT2D eigenvalue weighted by Gasteiger charge is 2.62. The van der Waals surface area contributed by atoms with Crippen LogP contribution in [0.15, 0.2) is 53.7 Å². The van der Waals surface area contributed by atoms with E-state index >= 15 is 4.39 Å². The Kier molecular flexibility index (Phi) is 5.61. The summed E-state index contributed by atoms with van der Waals surface area (Å²) in [6, 6.07) is 10.5.